The summed E-state index contributed by atoms with van der Waals surface area (Å²) in [5.41, 5.74) is 0.648. The van der Waals surface area contributed by atoms with Gasteiger partial charge >= 0.3 is 0 Å². The predicted octanol–water partition coefficient (Wildman–Crippen LogP) is 4.51. The number of halogens is 2. The average molecular weight is 497 g/mol. The zero-order valence-electron chi connectivity index (χ0n) is 16.8. The molecule has 12 heteroatoms. The highest BCUT2D eigenvalue weighted by molar-refractivity contribution is 8.15. The van der Waals surface area contributed by atoms with E-state index < -0.39 is 16.1 Å². The zero-order valence-corrected chi connectivity index (χ0v) is 19.1. The van der Waals surface area contributed by atoms with Gasteiger partial charge in [-0.25, -0.2) is 4.99 Å². The second-order valence-electron chi connectivity index (χ2n) is 6.64. The smallest absolute Gasteiger partial charge is 0.271 e. The van der Waals surface area contributed by atoms with Gasteiger partial charge in [0, 0.05) is 31.4 Å². The minimum Gasteiger partial charge on any atom is -0.383 e. The van der Waals surface area contributed by atoms with Crippen LogP contribution in [-0.4, -0.2) is 52.3 Å². The number of hydrogen-bond donors (Lipinski definition) is 1. The van der Waals surface area contributed by atoms with E-state index in [0.29, 0.717) is 27.5 Å². The number of non-ortho nitro benzene ring substituents is 1. The zero-order chi connectivity index (χ0) is 23.3. The molecule has 0 aromatic heterocycles. The van der Waals surface area contributed by atoms with Crippen molar-refractivity contribution in [3.63, 3.8) is 0 Å². The number of amidine groups is 1. The predicted molar refractivity (Wildman–Crippen MR) is 125 cm³/mol. The fourth-order valence-corrected chi connectivity index (χ4v) is 4.33. The number of aliphatic imine (C=N–C) groups is 1. The van der Waals surface area contributed by atoms with Crippen LogP contribution < -0.4 is 5.32 Å². The van der Waals surface area contributed by atoms with Crippen LogP contribution in [-0.2, 0) is 14.3 Å². The van der Waals surface area contributed by atoms with Crippen molar-refractivity contribution in [1.29, 1.82) is 0 Å². The Morgan fingerprint density at radius 1 is 1.28 bits per heavy atom. The maximum absolute atomic E-state index is 12.9. The van der Waals surface area contributed by atoms with Gasteiger partial charge in [0.2, 0.25) is 11.8 Å². The summed E-state index contributed by atoms with van der Waals surface area (Å²) in [5, 5.41) is 13.9. The molecule has 3 rings (SSSR count). The number of carbonyl (C=O) groups excluding carboxylic acids is 2. The van der Waals surface area contributed by atoms with Crippen LogP contribution in [0.15, 0.2) is 47.5 Å². The van der Waals surface area contributed by atoms with E-state index in [2.05, 4.69) is 10.3 Å². The van der Waals surface area contributed by atoms with Crippen molar-refractivity contribution >= 4 is 69.0 Å². The lowest BCUT2D eigenvalue weighted by atomic mass is 10.2. The number of ether oxygens (including phenoxy) is 1. The molecule has 9 nitrogen and oxygen atoms in total. The molecule has 1 N–H and O–H groups in total. The normalized spacial score (nSPS) is 17.1. The van der Waals surface area contributed by atoms with Crippen LogP contribution in [0.3, 0.4) is 0 Å². The number of carbonyl (C=O) groups is 2. The van der Waals surface area contributed by atoms with Crippen molar-refractivity contribution < 1.29 is 19.2 Å². The molecule has 2 amide bonds. The van der Waals surface area contributed by atoms with Crippen molar-refractivity contribution in [3.8, 4) is 0 Å². The third-order valence-corrected chi connectivity index (χ3v) is 6.29. The quantitative estimate of drug-likeness (QED) is 0.424. The van der Waals surface area contributed by atoms with E-state index in [0.717, 1.165) is 11.8 Å². The topological polar surface area (TPSA) is 114 Å². The van der Waals surface area contributed by atoms with Gasteiger partial charge in [0.05, 0.1) is 33.8 Å². The lowest BCUT2D eigenvalue weighted by molar-refractivity contribution is -0.384. The fraction of sp³-hybridized carbons (Fsp3) is 0.250. The Morgan fingerprint density at radius 2 is 2.06 bits per heavy atom. The van der Waals surface area contributed by atoms with E-state index >= 15 is 0 Å². The summed E-state index contributed by atoms with van der Waals surface area (Å²) in [6, 6.07) is 10.4. The van der Waals surface area contributed by atoms with Crippen molar-refractivity contribution in [2.24, 2.45) is 4.99 Å². The molecule has 0 bridgehead atoms. The molecule has 2 aromatic carbocycles. The number of amides is 2. The molecule has 32 heavy (non-hydrogen) atoms. The minimum atomic E-state index is -0.702. The summed E-state index contributed by atoms with van der Waals surface area (Å²) < 4.78 is 5.08. The van der Waals surface area contributed by atoms with E-state index in [4.69, 9.17) is 27.9 Å². The van der Waals surface area contributed by atoms with Crippen LogP contribution in [0.4, 0.5) is 17.1 Å². The fourth-order valence-electron chi connectivity index (χ4n) is 2.86. The minimum absolute atomic E-state index is 0.129. The summed E-state index contributed by atoms with van der Waals surface area (Å²) in [7, 11) is 1.52. The molecule has 1 aliphatic rings. The average Bonchev–Trinajstić information content (AvgIpc) is 3.03. The molecule has 1 fully saturated rings. The van der Waals surface area contributed by atoms with Gasteiger partial charge < -0.3 is 10.1 Å². The highest BCUT2D eigenvalue weighted by Gasteiger charge is 2.39. The lowest BCUT2D eigenvalue weighted by Gasteiger charge is -2.15. The summed E-state index contributed by atoms with van der Waals surface area (Å²) >= 11 is 13.1. The highest BCUT2D eigenvalue weighted by atomic mass is 35.5. The molecule has 168 valence electrons. The number of benzene rings is 2. The first-order valence-electron chi connectivity index (χ1n) is 9.33. The number of nitrogens with one attached hydrogen (secondary N) is 1. The van der Waals surface area contributed by atoms with Crippen LogP contribution in [0.5, 0.6) is 0 Å². The van der Waals surface area contributed by atoms with Gasteiger partial charge in [-0.2, -0.15) is 0 Å². The molecular formula is C20H18Cl2N4O5S. The Balaban J connectivity index is 1.75. The molecule has 1 atom stereocenters. The van der Waals surface area contributed by atoms with Crippen molar-refractivity contribution in [3.05, 3.63) is 62.6 Å². The first-order chi connectivity index (χ1) is 15.3. The maximum atomic E-state index is 12.9. The maximum Gasteiger partial charge on any atom is 0.271 e. The van der Waals surface area contributed by atoms with Gasteiger partial charge in [-0.05, 0) is 24.3 Å². The molecule has 1 aliphatic heterocycles. The van der Waals surface area contributed by atoms with Crippen LogP contribution in [0.25, 0.3) is 0 Å². The van der Waals surface area contributed by atoms with Gasteiger partial charge in [0.1, 0.15) is 5.25 Å². The highest BCUT2D eigenvalue weighted by Crippen LogP contribution is 2.33. The van der Waals surface area contributed by atoms with E-state index in [1.165, 1.54) is 36.3 Å². The molecule has 0 spiro atoms. The van der Waals surface area contributed by atoms with Crippen molar-refractivity contribution in [1.82, 2.24) is 4.90 Å². The van der Waals surface area contributed by atoms with Gasteiger partial charge in [-0.3, -0.25) is 24.6 Å². The monoisotopic (exact) mass is 496 g/mol. The number of nitrogens with zero attached hydrogens (tertiary/aromatic N) is 3. The van der Waals surface area contributed by atoms with Crippen molar-refractivity contribution in [2.75, 3.05) is 25.6 Å². The second-order valence-corrected chi connectivity index (χ2v) is 8.63. The molecule has 1 heterocycles. The van der Waals surface area contributed by atoms with E-state index in [-0.39, 0.29) is 30.2 Å². The molecular weight excluding hydrogens is 479 g/mol. The number of rotatable bonds is 8. The molecule has 1 saturated heterocycles. The van der Waals surface area contributed by atoms with Gasteiger partial charge in [-0.15, -0.1) is 0 Å². The molecule has 2 aromatic rings. The Morgan fingerprint density at radius 3 is 2.75 bits per heavy atom. The number of nitro benzene ring substituents is 1. The SMILES string of the molecule is COCCN1C(=O)C(CC(=O)Nc2cccc([N+](=O)[O-])c2)SC1=Nc1ccc(Cl)c(Cl)c1. The number of methoxy groups -OCH3 is 1. The number of anilines is 1. The molecule has 0 aliphatic carbocycles. The Hall–Kier alpha value is -2.66. The number of nitro groups is 1. The van der Waals surface area contributed by atoms with Crippen LogP contribution in [0, 0.1) is 10.1 Å². The standard InChI is InChI=1S/C20H18Cl2N4O5S/c1-31-8-7-25-19(28)17(32-20(25)24-13-5-6-15(21)16(22)10-13)11-18(27)23-12-3-2-4-14(9-12)26(29)30/h2-6,9-10,17H,7-8,11H2,1H3,(H,23,27). The Kier molecular flexibility index (Phi) is 8.08. The van der Waals surface area contributed by atoms with Crippen LogP contribution in [0.2, 0.25) is 10.0 Å². The molecule has 1 unspecified atom stereocenters. The van der Waals surface area contributed by atoms with E-state index in [9.17, 15) is 19.7 Å². The van der Waals surface area contributed by atoms with Gasteiger partial charge in [0.15, 0.2) is 5.17 Å². The Bertz CT molecular complexity index is 1080. The van der Waals surface area contributed by atoms with Crippen molar-refractivity contribution in [2.45, 2.75) is 11.7 Å². The third-order valence-electron chi connectivity index (χ3n) is 4.38. The van der Waals surface area contributed by atoms with Gasteiger partial charge in [-0.1, -0.05) is 41.0 Å². The van der Waals surface area contributed by atoms with E-state index in [1.807, 2.05) is 0 Å². The van der Waals surface area contributed by atoms with Gasteiger partial charge in [0.25, 0.3) is 5.69 Å². The molecule has 0 saturated carbocycles. The van der Waals surface area contributed by atoms with Crippen LogP contribution in [0.1, 0.15) is 6.42 Å². The second kappa shape index (κ2) is 10.8. The first kappa shape index (κ1) is 24.0. The summed E-state index contributed by atoms with van der Waals surface area (Å²) in [6.07, 6.45) is -0.129. The third kappa shape index (κ3) is 5.98. The van der Waals surface area contributed by atoms with E-state index in [1.54, 1.807) is 18.2 Å². The summed E-state index contributed by atoms with van der Waals surface area (Å²) in [4.78, 5) is 41.7. The summed E-state index contributed by atoms with van der Waals surface area (Å²) in [6.45, 7) is 0.560. The first-order valence-corrected chi connectivity index (χ1v) is 11.0. The Labute approximate surface area is 197 Å². The number of hydrogen-bond acceptors (Lipinski definition) is 7. The summed E-state index contributed by atoms with van der Waals surface area (Å²) in [5.74, 6) is -0.723. The lowest BCUT2D eigenvalue weighted by Crippen LogP contribution is -2.35. The molecule has 0 radical (unpaired) electrons. The largest absolute Gasteiger partial charge is 0.383 e. The number of thioether (sulfide) groups is 1. The van der Waals surface area contributed by atoms with Crippen LogP contribution >= 0.6 is 35.0 Å².